The van der Waals surface area contributed by atoms with E-state index in [2.05, 4.69) is 104 Å². The van der Waals surface area contributed by atoms with E-state index in [-0.39, 0.29) is 5.91 Å². The summed E-state index contributed by atoms with van der Waals surface area (Å²) in [5.41, 5.74) is 0. The maximum Gasteiger partial charge on any atom is 0.220 e. The van der Waals surface area contributed by atoms with Crippen LogP contribution >= 0.6 is 25.3 Å². The molecule has 0 saturated heterocycles. The number of carbonyl (C=O) groups is 2. The second-order valence-electron chi connectivity index (χ2n) is 7.18. The van der Waals surface area contributed by atoms with E-state index in [9.17, 15) is 9.59 Å². The molecule has 0 aliphatic carbocycles. The van der Waals surface area contributed by atoms with Gasteiger partial charge in [0.05, 0.1) is 4.08 Å². The summed E-state index contributed by atoms with van der Waals surface area (Å²) in [7, 11) is 0. The van der Waals surface area contributed by atoms with Gasteiger partial charge >= 0.3 is 0 Å². The summed E-state index contributed by atoms with van der Waals surface area (Å²) < 4.78 is -0.629. The van der Waals surface area contributed by atoms with Crippen LogP contribution in [0.2, 0.25) is 0 Å². The van der Waals surface area contributed by atoms with Crippen molar-refractivity contribution < 1.29 is 9.59 Å². The molecule has 2 amide bonds. The third kappa shape index (κ3) is 22.8. The first-order valence-corrected chi connectivity index (χ1v) is 12.0. The van der Waals surface area contributed by atoms with Crippen molar-refractivity contribution in [3.8, 4) is 0 Å². The Morgan fingerprint density at radius 3 is 1.87 bits per heavy atom. The third-order valence-corrected chi connectivity index (χ3v) is 5.02. The van der Waals surface area contributed by atoms with Crippen LogP contribution in [-0.4, -0.2) is 29.5 Å². The van der Waals surface area contributed by atoms with Crippen molar-refractivity contribution in [2.75, 3.05) is 13.1 Å². The lowest BCUT2D eigenvalue weighted by molar-refractivity contribution is -0.121. The number of hydrogen-bond donors (Lipinski definition) is 4. The van der Waals surface area contributed by atoms with Gasteiger partial charge in [0, 0.05) is 19.5 Å². The smallest absolute Gasteiger partial charge is 0.220 e. The molecule has 0 aromatic rings. The van der Waals surface area contributed by atoms with E-state index in [1.165, 1.54) is 0 Å². The molecular weight excluding hydrogens is 424 g/mol. The summed E-state index contributed by atoms with van der Waals surface area (Å²) in [5.74, 6) is 0.00294. The molecule has 0 atom stereocenters. The highest BCUT2D eigenvalue weighted by Crippen LogP contribution is 2.22. The van der Waals surface area contributed by atoms with E-state index in [1.807, 2.05) is 0 Å². The second kappa shape index (κ2) is 21.6. The molecule has 2 N–H and O–H groups in total. The fourth-order valence-corrected chi connectivity index (χ4v) is 2.88. The Morgan fingerprint density at radius 2 is 1.35 bits per heavy atom. The van der Waals surface area contributed by atoms with Gasteiger partial charge in [0.15, 0.2) is 0 Å². The van der Waals surface area contributed by atoms with E-state index in [0.29, 0.717) is 32.3 Å². The van der Waals surface area contributed by atoms with Crippen molar-refractivity contribution in [2.45, 2.75) is 68.8 Å². The minimum atomic E-state index is -0.629. The predicted octanol–water partition coefficient (Wildman–Crippen LogP) is 5.72. The van der Waals surface area contributed by atoms with Gasteiger partial charge < -0.3 is 10.6 Å². The minimum Gasteiger partial charge on any atom is -0.359 e. The average molecular weight is 465 g/mol. The van der Waals surface area contributed by atoms with Gasteiger partial charge in [-0.1, -0.05) is 67.7 Å². The normalized spacial score (nSPS) is 12.7. The summed E-state index contributed by atoms with van der Waals surface area (Å²) in [6.45, 7) is 2.99. The van der Waals surface area contributed by atoms with Crippen LogP contribution in [-0.2, 0) is 9.59 Å². The first-order chi connectivity index (χ1) is 15.0. The highest BCUT2D eigenvalue weighted by molar-refractivity contribution is 8.00. The molecule has 0 aromatic carbocycles. The molecule has 0 aliphatic heterocycles. The number of rotatable bonds is 19. The first-order valence-electron chi connectivity index (χ1n) is 11.1. The number of nitrogens with one attached hydrogen (secondary N) is 2. The van der Waals surface area contributed by atoms with E-state index in [1.54, 1.807) is 0 Å². The van der Waals surface area contributed by atoms with Crippen LogP contribution in [0.5, 0.6) is 0 Å². The average Bonchev–Trinajstić information content (AvgIpc) is 2.74. The Bertz CT molecular complexity index is 609. The van der Waals surface area contributed by atoms with Crippen molar-refractivity contribution >= 4 is 37.6 Å². The number of unbranched alkanes of at least 4 members (excludes halogenated alkanes) is 1. The van der Waals surface area contributed by atoms with Crippen molar-refractivity contribution in [3.63, 3.8) is 0 Å². The lowest BCUT2D eigenvalue weighted by Gasteiger charge is -2.22. The Hall–Kier alpha value is -1.66. The Balaban J connectivity index is 3.67. The highest BCUT2D eigenvalue weighted by atomic mass is 32.2. The van der Waals surface area contributed by atoms with Crippen molar-refractivity contribution in [1.29, 1.82) is 0 Å². The van der Waals surface area contributed by atoms with Crippen LogP contribution in [0.4, 0.5) is 0 Å². The third-order valence-electron chi connectivity index (χ3n) is 4.25. The SMILES string of the molecule is CC/C=C\C/C=C\C/C=C\C/C=C\C/C=C\CCCC(=O)NCC(S)(S)CCNC=O. The summed E-state index contributed by atoms with van der Waals surface area (Å²) in [6.07, 6.45) is 30.1. The minimum absolute atomic E-state index is 0.00294. The van der Waals surface area contributed by atoms with E-state index >= 15 is 0 Å². The van der Waals surface area contributed by atoms with Gasteiger partial charge in [0.2, 0.25) is 12.3 Å². The monoisotopic (exact) mass is 464 g/mol. The van der Waals surface area contributed by atoms with Gasteiger partial charge in [0.25, 0.3) is 0 Å². The molecule has 0 unspecified atom stereocenters. The van der Waals surface area contributed by atoms with E-state index in [4.69, 9.17) is 0 Å². The Kier molecular flexibility index (Phi) is 20.4. The second-order valence-corrected chi connectivity index (χ2v) is 9.25. The van der Waals surface area contributed by atoms with E-state index < -0.39 is 4.08 Å². The maximum absolute atomic E-state index is 11.9. The van der Waals surface area contributed by atoms with Crippen LogP contribution in [0.25, 0.3) is 0 Å². The highest BCUT2D eigenvalue weighted by Gasteiger charge is 2.20. The Morgan fingerprint density at radius 1 is 0.839 bits per heavy atom. The number of thiol groups is 2. The number of allylic oxidation sites excluding steroid dienone is 10. The fraction of sp³-hybridized carbons (Fsp3) is 0.520. The van der Waals surface area contributed by atoms with Gasteiger partial charge in [0.1, 0.15) is 0 Å². The van der Waals surface area contributed by atoms with Crippen molar-refractivity contribution in [3.05, 3.63) is 60.8 Å². The van der Waals surface area contributed by atoms with Gasteiger partial charge in [-0.15, -0.1) is 0 Å². The molecule has 0 aliphatic rings. The summed E-state index contributed by atoms with van der Waals surface area (Å²) in [6, 6.07) is 0. The topological polar surface area (TPSA) is 58.2 Å². The van der Waals surface area contributed by atoms with Crippen molar-refractivity contribution in [1.82, 2.24) is 10.6 Å². The van der Waals surface area contributed by atoms with E-state index in [0.717, 1.165) is 44.9 Å². The predicted molar refractivity (Wildman–Crippen MR) is 141 cm³/mol. The molecule has 0 saturated carbocycles. The molecule has 174 valence electrons. The van der Waals surface area contributed by atoms with Crippen LogP contribution < -0.4 is 10.6 Å². The van der Waals surface area contributed by atoms with Crippen LogP contribution in [0.1, 0.15) is 64.7 Å². The Labute approximate surface area is 200 Å². The van der Waals surface area contributed by atoms with Gasteiger partial charge in [-0.2, -0.15) is 25.3 Å². The largest absolute Gasteiger partial charge is 0.359 e. The number of carbonyl (C=O) groups excluding carboxylic acids is 2. The molecule has 6 heteroatoms. The maximum atomic E-state index is 11.9. The molecule has 0 radical (unpaired) electrons. The van der Waals surface area contributed by atoms with Crippen molar-refractivity contribution in [2.24, 2.45) is 0 Å². The molecular formula is C25H40N2O2S2. The summed E-state index contributed by atoms with van der Waals surface area (Å²) in [4.78, 5) is 22.1. The summed E-state index contributed by atoms with van der Waals surface area (Å²) in [5, 5.41) is 5.42. The number of hydrogen-bond acceptors (Lipinski definition) is 4. The molecule has 0 aromatic heterocycles. The van der Waals surface area contributed by atoms with Crippen LogP contribution in [0.3, 0.4) is 0 Å². The van der Waals surface area contributed by atoms with Gasteiger partial charge in [-0.3, -0.25) is 9.59 Å². The zero-order valence-electron chi connectivity index (χ0n) is 18.8. The lowest BCUT2D eigenvalue weighted by Crippen LogP contribution is -2.37. The molecule has 0 fully saturated rings. The summed E-state index contributed by atoms with van der Waals surface area (Å²) >= 11 is 8.82. The fourth-order valence-electron chi connectivity index (χ4n) is 2.50. The molecule has 4 nitrogen and oxygen atoms in total. The zero-order chi connectivity index (χ0) is 23.0. The lowest BCUT2D eigenvalue weighted by atomic mass is 10.2. The standard InChI is InChI=1S/C25H40N2O2S2/c1-2-3-4-5-6-7-8-9-10-11-12-13-14-15-16-17-18-19-24(29)27-22-25(30,31)20-21-26-23-28/h3-4,6-7,9-10,12-13,15-16,23,30-31H,2,5,8,11,14,17-22H2,1H3,(H,26,28)(H,27,29)/b4-3-,7-6-,10-9-,13-12-,16-15-. The number of amides is 2. The van der Waals surface area contributed by atoms with Gasteiger partial charge in [-0.05, 0) is 51.4 Å². The van der Waals surface area contributed by atoms with Crippen LogP contribution in [0.15, 0.2) is 60.8 Å². The van der Waals surface area contributed by atoms with Crippen LogP contribution in [0, 0.1) is 0 Å². The molecule has 0 bridgehead atoms. The van der Waals surface area contributed by atoms with Gasteiger partial charge in [-0.25, -0.2) is 0 Å². The quantitative estimate of drug-likeness (QED) is 0.0650. The first kappa shape index (κ1) is 29.3. The molecule has 31 heavy (non-hydrogen) atoms. The molecule has 0 spiro atoms. The molecule has 0 rings (SSSR count). The zero-order valence-corrected chi connectivity index (χ0v) is 20.6. The molecule has 0 heterocycles.